The summed E-state index contributed by atoms with van der Waals surface area (Å²) in [5, 5.41) is 6.37. The van der Waals surface area contributed by atoms with E-state index < -0.39 is 0 Å². The monoisotopic (exact) mass is 242 g/mol. The summed E-state index contributed by atoms with van der Waals surface area (Å²) in [7, 11) is 0. The Bertz CT molecular complexity index is 240. The maximum Gasteiger partial charge on any atom is 0.246 e. The Kier molecular flexibility index (Phi) is 5.40. The number of hydrogen-bond donors (Lipinski definition) is 2. The van der Waals surface area contributed by atoms with E-state index in [9.17, 15) is 4.79 Å². The van der Waals surface area contributed by atoms with E-state index in [-0.39, 0.29) is 18.1 Å². The standard InChI is InChI=1S/C13H26N2O2/c1-10-5-6-11(7-14-10)8-15-12(16)9-17-13(2,3)4/h10-11,14H,5-9H2,1-4H3,(H,15,16). The molecule has 1 saturated heterocycles. The van der Waals surface area contributed by atoms with Gasteiger partial charge in [-0.2, -0.15) is 0 Å². The molecule has 0 radical (unpaired) electrons. The van der Waals surface area contributed by atoms with Crippen LogP contribution in [0.2, 0.25) is 0 Å². The van der Waals surface area contributed by atoms with E-state index in [0.717, 1.165) is 13.1 Å². The predicted molar refractivity (Wildman–Crippen MR) is 68.9 cm³/mol. The molecule has 1 heterocycles. The molecule has 1 fully saturated rings. The molecule has 100 valence electrons. The van der Waals surface area contributed by atoms with Crippen LogP contribution in [0.5, 0.6) is 0 Å². The van der Waals surface area contributed by atoms with Gasteiger partial charge in [0.1, 0.15) is 6.61 Å². The number of carbonyl (C=O) groups excluding carboxylic acids is 1. The van der Waals surface area contributed by atoms with Crippen molar-refractivity contribution in [3.63, 3.8) is 0 Å². The van der Waals surface area contributed by atoms with Gasteiger partial charge in [-0.25, -0.2) is 0 Å². The number of hydrogen-bond acceptors (Lipinski definition) is 3. The fourth-order valence-corrected chi connectivity index (χ4v) is 1.82. The largest absolute Gasteiger partial charge is 0.366 e. The van der Waals surface area contributed by atoms with E-state index in [2.05, 4.69) is 17.6 Å². The van der Waals surface area contributed by atoms with Crippen LogP contribution in [0.1, 0.15) is 40.5 Å². The molecule has 0 saturated carbocycles. The van der Waals surface area contributed by atoms with E-state index in [1.54, 1.807) is 0 Å². The predicted octanol–water partition coefficient (Wildman–Crippen LogP) is 1.31. The third-order valence-electron chi connectivity index (χ3n) is 2.99. The molecule has 1 aliphatic rings. The zero-order valence-corrected chi connectivity index (χ0v) is 11.5. The maximum atomic E-state index is 11.5. The average Bonchev–Trinajstić information content (AvgIpc) is 2.25. The fourth-order valence-electron chi connectivity index (χ4n) is 1.82. The van der Waals surface area contributed by atoms with Gasteiger partial charge in [0.05, 0.1) is 5.60 Å². The lowest BCUT2D eigenvalue weighted by molar-refractivity contribution is -0.130. The van der Waals surface area contributed by atoms with E-state index in [1.165, 1.54) is 12.8 Å². The van der Waals surface area contributed by atoms with E-state index in [4.69, 9.17) is 4.74 Å². The van der Waals surface area contributed by atoms with Crippen LogP contribution in [0, 0.1) is 5.92 Å². The van der Waals surface area contributed by atoms with Crippen LogP contribution in [0.25, 0.3) is 0 Å². The molecule has 1 amide bonds. The molecular weight excluding hydrogens is 216 g/mol. The summed E-state index contributed by atoms with van der Waals surface area (Å²) in [6.45, 7) is 9.96. The molecule has 0 bridgehead atoms. The van der Waals surface area contributed by atoms with Crippen molar-refractivity contribution in [1.82, 2.24) is 10.6 Å². The molecular formula is C13H26N2O2. The fraction of sp³-hybridized carbons (Fsp3) is 0.923. The molecule has 0 aromatic carbocycles. The Morgan fingerprint density at radius 3 is 2.65 bits per heavy atom. The Hall–Kier alpha value is -0.610. The van der Waals surface area contributed by atoms with Crippen molar-refractivity contribution in [2.75, 3.05) is 19.7 Å². The zero-order valence-electron chi connectivity index (χ0n) is 11.5. The molecule has 2 N–H and O–H groups in total. The van der Waals surface area contributed by atoms with E-state index in [1.807, 2.05) is 20.8 Å². The van der Waals surface area contributed by atoms with Gasteiger partial charge in [0.2, 0.25) is 5.91 Å². The molecule has 2 atom stereocenters. The molecule has 0 aromatic rings. The number of nitrogens with one attached hydrogen (secondary N) is 2. The highest BCUT2D eigenvalue weighted by Crippen LogP contribution is 2.13. The second-order valence-electron chi connectivity index (χ2n) is 5.96. The highest BCUT2D eigenvalue weighted by atomic mass is 16.5. The molecule has 4 heteroatoms. The van der Waals surface area contributed by atoms with Gasteiger partial charge in [0.25, 0.3) is 0 Å². The molecule has 0 aliphatic carbocycles. The van der Waals surface area contributed by atoms with Crippen molar-refractivity contribution >= 4 is 5.91 Å². The zero-order chi connectivity index (χ0) is 12.9. The molecule has 2 unspecified atom stereocenters. The lowest BCUT2D eigenvalue weighted by Crippen LogP contribution is -2.43. The summed E-state index contributed by atoms with van der Waals surface area (Å²) >= 11 is 0. The third-order valence-corrected chi connectivity index (χ3v) is 2.99. The van der Waals surface area contributed by atoms with Crippen LogP contribution in [0.4, 0.5) is 0 Å². The van der Waals surface area contributed by atoms with Crippen molar-refractivity contribution in [3.05, 3.63) is 0 Å². The first-order chi connectivity index (χ1) is 7.87. The van der Waals surface area contributed by atoms with Crippen molar-refractivity contribution < 1.29 is 9.53 Å². The number of rotatable bonds is 4. The second kappa shape index (κ2) is 6.36. The lowest BCUT2D eigenvalue weighted by atomic mass is 9.95. The van der Waals surface area contributed by atoms with Gasteiger partial charge in [0, 0.05) is 12.6 Å². The van der Waals surface area contributed by atoms with Crippen LogP contribution in [-0.2, 0) is 9.53 Å². The van der Waals surface area contributed by atoms with E-state index >= 15 is 0 Å². The van der Waals surface area contributed by atoms with Gasteiger partial charge in [-0.1, -0.05) is 0 Å². The number of amides is 1. The highest BCUT2D eigenvalue weighted by molar-refractivity contribution is 5.77. The van der Waals surface area contributed by atoms with Crippen LogP contribution < -0.4 is 10.6 Å². The normalized spacial score (nSPS) is 25.6. The molecule has 4 nitrogen and oxygen atoms in total. The smallest absolute Gasteiger partial charge is 0.246 e. The summed E-state index contributed by atoms with van der Waals surface area (Å²) in [4.78, 5) is 11.5. The molecule has 0 spiro atoms. The van der Waals surface area contributed by atoms with Gasteiger partial charge in [-0.05, 0) is 53.0 Å². The van der Waals surface area contributed by atoms with Crippen molar-refractivity contribution in [1.29, 1.82) is 0 Å². The molecule has 0 aromatic heterocycles. The molecule has 1 aliphatic heterocycles. The quantitative estimate of drug-likeness (QED) is 0.781. The highest BCUT2D eigenvalue weighted by Gasteiger charge is 2.18. The maximum absolute atomic E-state index is 11.5. The van der Waals surface area contributed by atoms with Gasteiger partial charge in [-0.15, -0.1) is 0 Å². The first kappa shape index (κ1) is 14.5. The minimum Gasteiger partial charge on any atom is -0.366 e. The summed E-state index contributed by atoms with van der Waals surface area (Å²) in [6, 6.07) is 0.617. The van der Waals surface area contributed by atoms with Crippen molar-refractivity contribution in [2.45, 2.75) is 52.2 Å². The minimum absolute atomic E-state index is 0.0152. The van der Waals surface area contributed by atoms with Gasteiger partial charge >= 0.3 is 0 Å². The first-order valence-corrected chi connectivity index (χ1v) is 6.51. The Balaban J connectivity index is 2.11. The van der Waals surface area contributed by atoms with Gasteiger partial charge < -0.3 is 15.4 Å². The Morgan fingerprint density at radius 2 is 2.12 bits per heavy atom. The van der Waals surface area contributed by atoms with Crippen LogP contribution in [0.15, 0.2) is 0 Å². The van der Waals surface area contributed by atoms with Gasteiger partial charge in [-0.3, -0.25) is 4.79 Å². The summed E-state index contributed by atoms with van der Waals surface area (Å²) < 4.78 is 5.42. The second-order valence-corrected chi connectivity index (χ2v) is 5.96. The first-order valence-electron chi connectivity index (χ1n) is 6.51. The number of piperidine rings is 1. The SMILES string of the molecule is CC1CCC(CNC(=O)COC(C)(C)C)CN1. The summed E-state index contributed by atoms with van der Waals surface area (Å²) in [5.41, 5.74) is -0.251. The topological polar surface area (TPSA) is 50.4 Å². The van der Waals surface area contributed by atoms with Crippen LogP contribution in [-0.4, -0.2) is 37.2 Å². The third kappa shape index (κ3) is 6.64. The summed E-state index contributed by atoms with van der Waals surface area (Å²) in [6.07, 6.45) is 2.38. The van der Waals surface area contributed by atoms with Crippen LogP contribution in [0.3, 0.4) is 0 Å². The Labute approximate surface area is 104 Å². The molecule has 1 rings (SSSR count). The van der Waals surface area contributed by atoms with Crippen LogP contribution >= 0.6 is 0 Å². The minimum atomic E-state index is -0.251. The number of carbonyl (C=O) groups is 1. The van der Waals surface area contributed by atoms with E-state index in [0.29, 0.717) is 12.0 Å². The average molecular weight is 242 g/mol. The summed E-state index contributed by atoms with van der Waals surface area (Å²) in [5.74, 6) is 0.545. The van der Waals surface area contributed by atoms with Crippen molar-refractivity contribution in [2.24, 2.45) is 5.92 Å². The lowest BCUT2D eigenvalue weighted by Gasteiger charge is -2.27. The molecule has 17 heavy (non-hydrogen) atoms. The number of ether oxygens (including phenoxy) is 1. The Morgan fingerprint density at radius 1 is 1.41 bits per heavy atom. The van der Waals surface area contributed by atoms with Gasteiger partial charge in [0.15, 0.2) is 0 Å². The van der Waals surface area contributed by atoms with Crippen molar-refractivity contribution in [3.8, 4) is 0 Å².